The molecule has 2 rings (SSSR count). The van der Waals surface area contributed by atoms with Crippen LogP contribution in [0.2, 0.25) is 0 Å². The van der Waals surface area contributed by atoms with Crippen molar-refractivity contribution in [1.82, 2.24) is 0 Å². The van der Waals surface area contributed by atoms with Gasteiger partial charge in [-0.05, 0) is 30.7 Å². The number of halogens is 1. The van der Waals surface area contributed by atoms with Crippen LogP contribution in [-0.4, -0.2) is 26.8 Å². The number of carbonyl (C=O) groups is 1. The predicted octanol–water partition coefficient (Wildman–Crippen LogP) is 4.47. The number of hydrogen-bond acceptors (Lipinski definition) is 4. The zero-order valence-electron chi connectivity index (χ0n) is 13.5. The molecular weight excluding hydrogens is 360 g/mol. The Labute approximate surface area is 145 Å². The zero-order chi connectivity index (χ0) is 17.1. The minimum Gasteiger partial charge on any atom is -0.489 e. The summed E-state index contributed by atoms with van der Waals surface area (Å²) in [4.78, 5) is 10.8. The number of ether oxygens (including phenoxy) is 3. The van der Waals surface area contributed by atoms with Crippen molar-refractivity contribution in [3.05, 3.63) is 64.1 Å². The van der Waals surface area contributed by atoms with Crippen LogP contribution in [0.4, 0.5) is 0 Å². The third-order valence-electron chi connectivity index (χ3n) is 3.01. The van der Waals surface area contributed by atoms with Crippen LogP contribution in [0.3, 0.4) is 0 Å². The summed E-state index contributed by atoms with van der Waals surface area (Å²) in [5.41, 5.74) is 1.69. The van der Waals surface area contributed by atoms with Crippen molar-refractivity contribution in [2.45, 2.75) is 19.8 Å². The standard InChI is InChI=1S/C14H11BrO2.C4H10O2/c15-14-7-6-13(8-12(14)9-16)17-10-11-4-2-1-3-5-11;1-4(5-2)6-3/h1-9H,10H2;4H,1-3H3. The van der Waals surface area contributed by atoms with E-state index in [4.69, 9.17) is 4.74 Å². The lowest BCUT2D eigenvalue weighted by atomic mass is 10.2. The summed E-state index contributed by atoms with van der Waals surface area (Å²) in [6, 6.07) is 15.3. The zero-order valence-corrected chi connectivity index (χ0v) is 15.1. The fourth-order valence-electron chi connectivity index (χ4n) is 1.54. The highest BCUT2D eigenvalue weighted by atomic mass is 79.9. The van der Waals surface area contributed by atoms with Crippen LogP contribution in [0, 0.1) is 0 Å². The molecule has 0 N–H and O–H groups in total. The Hall–Kier alpha value is -1.69. The molecule has 0 aliphatic heterocycles. The summed E-state index contributed by atoms with van der Waals surface area (Å²) in [7, 11) is 3.21. The van der Waals surface area contributed by atoms with E-state index in [0.717, 1.165) is 16.3 Å². The van der Waals surface area contributed by atoms with Crippen molar-refractivity contribution in [2.75, 3.05) is 14.2 Å². The van der Waals surface area contributed by atoms with Gasteiger partial charge in [0.15, 0.2) is 12.6 Å². The summed E-state index contributed by atoms with van der Waals surface area (Å²) in [6.07, 6.45) is 0.740. The van der Waals surface area contributed by atoms with E-state index in [1.807, 2.05) is 49.4 Å². The number of hydrogen-bond donors (Lipinski definition) is 0. The molecule has 0 fully saturated rings. The Morgan fingerprint density at radius 3 is 2.26 bits per heavy atom. The molecule has 2 aromatic rings. The largest absolute Gasteiger partial charge is 0.489 e. The van der Waals surface area contributed by atoms with Crippen molar-refractivity contribution in [3.8, 4) is 5.75 Å². The SMILES string of the molecule is COC(C)OC.O=Cc1cc(OCc2ccccc2)ccc1Br. The van der Waals surface area contributed by atoms with Crippen LogP contribution in [0.1, 0.15) is 22.8 Å². The van der Waals surface area contributed by atoms with Gasteiger partial charge < -0.3 is 14.2 Å². The number of methoxy groups -OCH3 is 2. The Bertz CT molecular complexity index is 583. The van der Waals surface area contributed by atoms with E-state index >= 15 is 0 Å². The third-order valence-corrected chi connectivity index (χ3v) is 3.73. The monoisotopic (exact) mass is 380 g/mol. The second-order valence-corrected chi connectivity index (χ2v) is 5.47. The Kier molecular flexibility index (Phi) is 9.21. The first-order valence-electron chi connectivity index (χ1n) is 7.07. The van der Waals surface area contributed by atoms with Gasteiger partial charge in [-0.15, -0.1) is 0 Å². The molecule has 4 nitrogen and oxygen atoms in total. The van der Waals surface area contributed by atoms with Gasteiger partial charge in [0.05, 0.1) is 0 Å². The van der Waals surface area contributed by atoms with Gasteiger partial charge in [-0.2, -0.15) is 0 Å². The molecule has 0 amide bonds. The second-order valence-electron chi connectivity index (χ2n) is 4.61. The topological polar surface area (TPSA) is 44.8 Å². The van der Waals surface area contributed by atoms with Crippen LogP contribution in [-0.2, 0) is 16.1 Å². The van der Waals surface area contributed by atoms with E-state index < -0.39 is 0 Å². The summed E-state index contributed by atoms with van der Waals surface area (Å²) in [5, 5.41) is 0. The average molecular weight is 381 g/mol. The first-order chi connectivity index (χ1) is 11.1. The van der Waals surface area contributed by atoms with Crippen molar-refractivity contribution in [2.24, 2.45) is 0 Å². The molecule has 0 saturated carbocycles. The lowest BCUT2D eigenvalue weighted by Gasteiger charge is -2.07. The highest BCUT2D eigenvalue weighted by Crippen LogP contribution is 2.21. The van der Waals surface area contributed by atoms with Crippen molar-refractivity contribution in [1.29, 1.82) is 0 Å². The van der Waals surface area contributed by atoms with Gasteiger partial charge in [0.1, 0.15) is 12.4 Å². The minimum atomic E-state index is -0.0648. The van der Waals surface area contributed by atoms with Gasteiger partial charge in [-0.3, -0.25) is 4.79 Å². The second kappa shape index (κ2) is 10.9. The number of benzene rings is 2. The molecule has 2 aromatic carbocycles. The molecule has 0 aliphatic rings. The van der Waals surface area contributed by atoms with Gasteiger partial charge in [0, 0.05) is 24.3 Å². The third kappa shape index (κ3) is 7.41. The summed E-state index contributed by atoms with van der Waals surface area (Å²) < 4.78 is 15.7. The average Bonchev–Trinajstić information content (AvgIpc) is 2.61. The molecule has 0 saturated heterocycles. The van der Waals surface area contributed by atoms with E-state index in [2.05, 4.69) is 25.4 Å². The van der Waals surface area contributed by atoms with E-state index in [1.54, 1.807) is 20.3 Å². The Morgan fingerprint density at radius 1 is 1.09 bits per heavy atom. The maximum Gasteiger partial charge on any atom is 0.154 e. The highest BCUT2D eigenvalue weighted by Gasteiger charge is 2.01. The maximum absolute atomic E-state index is 10.8. The van der Waals surface area contributed by atoms with Crippen LogP contribution in [0.15, 0.2) is 53.0 Å². The fourth-order valence-corrected chi connectivity index (χ4v) is 1.88. The van der Waals surface area contributed by atoms with Crippen LogP contribution >= 0.6 is 15.9 Å². The molecule has 0 atom stereocenters. The quantitative estimate of drug-likeness (QED) is 0.547. The Balaban J connectivity index is 0.000000379. The molecular formula is C18H21BrO4. The number of carbonyl (C=O) groups excluding carboxylic acids is 1. The molecule has 0 aromatic heterocycles. The van der Waals surface area contributed by atoms with Gasteiger partial charge >= 0.3 is 0 Å². The van der Waals surface area contributed by atoms with Gasteiger partial charge in [0.25, 0.3) is 0 Å². The predicted molar refractivity (Wildman–Crippen MR) is 93.8 cm³/mol. The van der Waals surface area contributed by atoms with Gasteiger partial charge in [-0.25, -0.2) is 0 Å². The normalized spacial score (nSPS) is 9.96. The van der Waals surface area contributed by atoms with Crippen molar-refractivity contribution < 1.29 is 19.0 Å². The summed E-state index contributed by atoms with van der Waals surface area (Å²) >= 11 is 3.30. The number of rotatable bonds is 6. The molecule has 124 valence electrons. The van der Waals surface area contributed by atoms with E-state index in [0.29, 0.717) is 17.9 Å². The molecule has 0 bridgehead atoms. The number of aldehydes is 1. The van der Waals surface area contributed by atoms with E-state index in [9.17, 15) is 4.79 Å². The minimum absolute atomic E-state index is 0.0648. The molecule has 0 aliphatic carbocycles. The van der Waals surface area contributed by atoms with Crippen LogP contribution < -0.4 is 4.74 Å². The van der Waals surface area contributed by atoms with Crippen molar-refractivity contribution in [3.63, 3.8) is 0 Å². The molecule has 0 radical (unpaired) electrons. The van der Waals surface area contributed by atoms with Crippen LogP contribution in [0.5, 0.6) is 5.75 Å². The van der Waals surface area contributed by atoms with E-state index in [-0.39, 0.29) is 6.29 Å². The molecule has 0 unspecified atom stereocenters. The van der Waals surface area contributed by atoms with Gasteiger partial charge in [-0.1, -0.05) is 46.3 Å². The fraction of sp³-hybridized carbons (Fsp3) is 0.278. The van der Waals surface area contributed by atoms with Crippen molar-refractivity contribution >= 4 is 22.2 Å². The molecule has 5 heteroatoms. The van der Waals surface area contributed by atoms with Crippen LogP contribution in [0.25, 0.3) is 0 Å². The lowest BCUT2D eigenvalue weighted by molar-refractivity contribution is -0.0877. The Morgan fingerprint density at radius 2 is 1.74 bits per heavy atom. The first-order valence-corrected chi connectivity index (χ1v) is 7.87. The summed E-state index contributed by atoms with van der Waals surface area (Å²) in [6.45, 7) is 2.33. The van der Waals surface area contributed by atoms with E-state index in [1.165, 1.54) is 0 Å². The lowest BCUT2D eigenvalue weighted by Crippen LogP contribution is -2.05. The molecule has 0 spiro atoms. The first kappa shape index (κ1) is 19.4. The summed E-state index contributed by atoms with van der Waals surface area (Å²) in [5.74, 6) is 0.694. The van der Waals surface area contributed by atoms with Gasteiger partial charge in [0.2, 0.25) is 0 Å². The maximum atomic E-state index is 10.8. The highest BCUT2D eigenvalue weighted by molar-refractivity contribution is 9.10. The molecule has 23 heavy (non-hydrogen) atoms. The molecule has 0 heterocycles. The smallest absolute Gasteiger partial charge is 0.154 e.